The minimum Gasteiger partial charge on any atom is -0.497 e. The number of carbonyl (C=O) groups excluding carboxylic acids is 3. The van der Waals surface area contributed by atoms with Crippen molar-refractivity contribution < 1.29 is 33.3 Å². The number of amides is 2. The number of benzene rings is 2. The molecule has 11 heteroatoms. The maximum atomic E-state index is 13.0. The number of aryl methyl sites for hydroxylation is 1. The molecule has 3 aromatic rings. The Morgan fingerprint density at radius 2 is 1.76 bits per heavy atom. The number of hydrazone groups is 1. The lowest BCUT2D eigenvalue weighted by Gasteiger charge is -2.13. The number of hydrogen-bond acceptors (Lipinski definition) is 9. The third-order valence-electron chi connectivity index (χ3n) is 6.49. The topological polar surface area (TPSA) is 125 Å². The van der Waals surface area contributed by atoms with E-state index in [2.05, 4.69) is 15.8 Å². The summed E-state index contributed by atoms with van der Waals surface area (Å²) in [4.78, 5) is 39.3. The molecule has 2 aromatic carbocycles. The van der Waals surface area contributed by atoms with Gasteiger partial charge in [-0.05, 0) is 87.6 Å². The van der Waals surface area contributed by atoms with Crippen LogP contribution in [-0.2, 0) is 22.4 Å². The number of thiophene rings is 1. The minimum atomic E-state index is -0.858. The normalized spacial score (nSPS) is 13.2. The summed E-state index contributed by atoms with van der Waals surface area (Å²) in [6.45, 7) is 3.61. The molecular weight excluding hydrogens is 546 g/mol. The van der Waals surface area contributed by atoms with E-state index in [4.69, 9.17) is 18.9 Å². The van der Waals surface area contributed by atoms with Crippen LogP contribution in [0, 0.1) is 0 Å². The summed E-state index contributed by atoms with van der Waals surface area (Å²) >= 11 is 1.44. The van der Waals surface area contributed by atoms with Gasteiger partial charge in [-0.1, -0.05) is 0 Å². The monoisotopic (exact) mass is 579 g/mol. The third-order valence-corrected chi connectivity index (χ3v) is 7.70. The molecule has 0 aliphatic heterocycles. The van der Waals surface area contributed by atoms with Crippen LogP contribution in [0.3, 0.4) is 0 Å². The summed E-state index contributed by atoms with van der Waals surface area (Å²) in [6.07, 6.45) is 4.35. The molecule has 10 nitrogen and oxygen atoms in total. The van der Waals surface area contributed by atoms with Crippen LogP contribution in [-0.4, -0.2) is 50.9 Å². The molecule has 0 saturated heterocycles. The van der Waals surface area contributed by atoms with E-state index in [0.29, 0.717) is 38.9 Å². The van der Waals surface area contributed by atoms with Crippen molar-refractivity contribution in [3.63, 3.8) is 0 Å². The van der Waals surface area contributed by atoms with Crippen molar-refractivity contribution in [2.24, 2.45) is 5.10 Å². The fraction of sp³-hybridized carbons (Fsp3) is 0.333. The second-order valence-corrected chi connectivity index (χ2v) is 10.3. The number of nitrogens with one attached hydrogen (secondary N) is 2. The first-order chi connectivity index (χ1) is 19.8. The average Bonchev–Trinajstić information content (AvgIpc) is 3.35. The SMILES string of the molecule is CCOC(=O)c1c(NC(=O)c2ccc(OC(C)C(=O)NN=Cc3cc(OC)ccc3OC)cc2)sc2c1CCCC2. The highest BCUT2D eigenvalue weighted by Crippen LogP contribution is 2.39. The Labute approximate surface area is 242 Å². The van der Waals surface area contributed by atoms with Crippen LogP contribution in [0.5, 0.6) is 17.2 Å². The van der Waals surface area contributed by atoms with Crippen LogP contribution < -0.4 is 25.0 Å². The fourth-order valence-electron chi connectivity index (χ4n) is 4.39. The molecule has 1 aromatic heterocycles. The van der Waals surface area contributed by atoms with Gasteiger partial charge in [0.25, 0.3) is 11.8 Å². The molecule has 0 fully saturated rings. The fourth-order valence-corrected chi connectivity index (χ4v) is 5.66. The number of carbonyl (C=O) groups is 3. The van der Waals surface area contributed by atoms with Crippen molar-refractivity contribution in [3.8, 4) is 17.2 Å². The Morgan fingerprint density at radius 1 is 1.02 bits per heavy atom. The lowest BCUT2D eigenvalue weighted by atomic mass is 9.95. The molecule has 0 bridgehead atoms. The van der Waals surface area contributed by atoms with Crippen molar-refractivity contribution in [2.45, 2.75) is 45.6 Å². The lowest BCUT2D eigenvalue weighted by molar-refractivity contribution is -0.127. The standard InChI is InChI=1S/C30H33N3O7S/c1-5-39-30(36)26-23-8-6-7-9-25(23)41-29(26)32-28(35)19-10-12-21(13-11-19)40-18(2)27(34)33-31-17-20-16-22(37-3)14-15-24(20)38-4/h10-18H,5-9H2,1-4H3,(H,32,35)(H,33,34). The van der Waals surface area contributed by atoms with Crippen LogP contribution in [0.15, 0.2) is 47.6 Å². The van der Waals surface area contributed by atoms with Crippen LogP contribution >= 0.6 is 11.3 Å². The highest BCUT2D eigenvalue weighted by atomic mass is 32.1. The minimum absolute atomic E-state index is 0.262. The first-order valence-corrected chi connectivity index (χ1v) is 14.1. The van der Waals surface area contributed by atoms with E-state index in [1.165, 1.54) is 24.7 Å². The van der Waals surface area contributed by atoms with Crippen molar-refractivity contribution >= 4 is 40.3 Å². The zero-order valence-corrected chi connectivity index (χ0v) is 24.3. The summed E-state index contributed by atoms with van der Waals surface area (Å²) in [5, 5.41) is 7.40. The van der Waals surface area contributed by atoms with Gasteiger partial charge in [-0.3, -0.25) is 9.59 Å². The molecule has 0 saturated carbocycles. The van der Waals surface area contributed by atoms with Crippen molar-refractivity contribution in [1.82, 2.24) is 5.43 Å². The molecule has 0 spiro atoms. The van der Waals surface area contributed by atoms with E-state index in [1.807, 2.05) is 0 Å². The predicted octanol–water partition coefficient (Wildman–Crippen LogP) is 4.99. The van der Waals surface area contributed by atoms with Crippen molar-refractivity contribution in [2.75, 3.05) is 26.1 Å². The van der Waals surface area contributed by atoms with E-state index in [0.717, 1.165) is 36.1 Å². The lowest BCUT2D eigenvalue weighted by Crippen LogP contribution is -2.33. The molecule has 1 unspecified atom stereocenters. The smallest absolute Gasteiger partial charge is 0.341 e. The first kappa shape index (κ1) is 29.6. The molecule has 1 atom stereocenters. The van der Waals surface area contributed by atoms with E-state index in [9.17, 15) is 14.4 Å². The Kier molecular flexibility index (Phi) is 9.96. The summed E-state index contributed by atoms with van der Waals surface area (Å²) in [5.41, 5.74) is 4.91. The molecule has 216 valence electrons. The van der Waals surface area contributed by atoms with Crippen molar-refractivity contribution in [3.05, 3.63) is 69.6 Å². The number of methoxy groups -OCH3 is 2. The summed E-state index contributed by atoms with van der Waals surface area (Å²) in [5.74, 6) is 0.382. The largest absolute Gasteiger partial charge is 0.497 e. The number of fused-ring (bicyclic) bond motifs is 1. The molecule has 1 aliphatic rings. The Morgan fingerprint density at radius 3 is 2.46 bits per heavy atom. The number of rotatable bonds is 11. The van der Waals surface area contributed by atoms with Crippen LogP contribution in [0.2, 0.25) is 0 Å². The van der Waals surface area contributed by atoms with E-state index < -0.39 is 18.0 Å². The third kappa shape index (κ3) is 7.23. The molecule has 1 aliphatic carbocycles. The number of anilines is 1. The number of hydrogen-bond donors (Lipinski definition) is 2. The maximum Gasteiger partial charge on any atom is 0.341 e. The van der Waals surface area contributed by atoms with Gasteiger partial charge >= 0.3 is 5.97 Å². The summed E-state index contributed by atoms with van der Waals surface area (Å²) < 4.78 is 21.5. The van der Waals surface area contributed by atoms with E-state index in [1.54, 1.807) is 63.4 Å². The second-order valence-electron chi connectivity index (χ2n) is 9.22. The molecule has 2 N–H and O–H groups in total. The highest BCUT2D eigenvalue weighted by Gasteiger charge is 2.27. The molecule has 2 amide bonds. The highest BCUT2D eigenvalue weighted by molar-refractivity contribution is 7.17. The molecule has 4 rings (SSSR count). The zero-order chi connectivity index (χ0) is 29.4. The van der Waals surface area contributed by atoms with Gasteiger partial charge in [0.2, 0.25) is 0 Å². The average molecular weight is 580 g/mol. The van der Waals surface area contributed by atoms with Gasteiger partial charge in [0, 0.05) is 16.0 Å². The first-order valence-electron chi connectivity index (χ1n) is 13.3. The van der Waals surface area contributed by atoms with Gasteiger partial charge in [0.05, 0.1) is 32.6 Å². The quantitative estimate of drug-likeness (QED) is 0.186. The van der Waals surface area contributed by atoms with Crippen LogP contribution in [0.1, 0.15) is 63.4 Å². The van der Waals surface area contributed by atoms with Gasteiger partial charge in [-0.25, -0.2) is 10.2 Å². The molecule has 41 heavy (non-hydrogen) atoms. The number of esters is 1. The predicted molar refractivity (Wildman–Crippen MR) is 157 cm³/mol. The van der Waals surface area contributed by atoms with Gasteiger partial charge in [0.15, 0.2) is 6.10 Å². The van der Waals surface area contributed by atoms with Gasteiger partial charge in [-0.15, -0.1) is 11.3 Å². The number of nitrogens with zero attached hydrogens (tertiary/aromatic N) is 1. The van der Waals surface area contributed by atoms with Crippen LogP contribution in [0.4, 0.5) is 5.00 Å². The number of ether oxygens (including phenoxy) is 4. The Bertz CT molecular complexity index is 1430. The Hall–Kier alpha value is -4.38. The van der Waals surface area contributed by atoms with Gasteiger partial charge in [0.1, 0.15) is 22.2 Å². The molecule has 0 radical (unpaired) electrons. The van der Waals surface area contributed by atoms with Crippen molar-refractivity contribution in [1.29, 1.82) is 0 Å². The summed E-state index contributed by atoms with van der Waals surface area (Å²) in [6, 6.07) is 11.6. The van der Waals surface area contributed by atoms with E-state index in [-0.39, 0.29) is 12.5 Å². The second kappa shape index (κ2) is 13.8. The van der Waals surface area contributed by atoms with E-state index >= 15 is 0 Å². The van der Waals surface area contributed by atoms with Gasteiger partial charge < -0.3 is 24.3 Å². The van der Waals surface area contributed by atoms with Crippen LogP contribution in [0.25, 0.3) is 0 Å². The summed E-state index contributed by atoms with van der Waals surface area (Å²) in [7, 11) is 3.10. The maximum absolute atomic E-state index is 13.0. The molecular formula is C30H33N3O7S. The molecule has 1 heterocycles. The zero-order valence-electron chi connectivity index (χ0n) is 23.4. The Balaban J connectivity index is 1.36. The van der Waals surface area contributed by atoms with Gasteiger partial charge in [-0.2, -0.15) is 5.10 Å².